The van der Waals surface area contributed by atoms with E-state index in [0.717, 1.165) is 10.5 Å². The van der Waals surface area contributed by atoms with Gasteiger partial charge in [-0.15, -0.1) is 11.3 Å². The van der Waals surface area contributed by atoms with Crippen molar-refractivity contribution in [2.75, 3.05) is 0 Å². The predicted octanol–water partition coefficient (Wildman–Crippen LogP) is 5.25. The van der Waals surface area contributed by atoms with Crippen LogP contribution in [0.2, 0.25) is 0 Å². The van der Waals surface area contributed by atoms with Crippen LogP contribution in [0.15, 0.2) is 39.7 Å². The molecule has 1 saturated carbocycles. The zero-order chi connectivity index (χ0) is 16.9. The number of benzene rings is 1. The second-order valence-corrected chi connectivity index (χ2v) is 7.80. The molecule has 0 N–H and O–H groups in total. The maximum atomic E-state index is 4.85. The highest BCUT2D eigenvalue weighted by atomic mass is 32.1. The van der Waals surface area contributed by atoms with Crippen molar-refractivity contribution in [2.24, 2.45) is 16.0 Å². The largest absolute Gasteiger partial charge is 0.255 e. The summed E-state index contributed by atoms with van der Waals surface area (Å²) in [6, 6.07) is 8.92. The van der Waals surface area contributed by atoms with E-state index in [-0.39, 0.29) is 6.04 Å². The molecule has 1 fully saturated rings. The Morgan fingerprint density at radius 3 is 2.50 bits per heavy atom. The molecule has 1 aromatic carbocycles. The van der Waals surface area contributed by atoms with E-state index in [0.29, 0.717) is 5.92 Å². The minimum atomic E-state index is 0.269. The van der Waals surface area contributed by atoms with E-state index in [9.17, 15) is 0 Å². The van der Waals surface area contributed by atoms with Crippen LogP contribution in [0.3, 0.4) is 0 Å². The van der Waals surface area contributed by atoms with Crippen molar-refractivity contribution in [3.8, 4) is 11.3 Å². The lowest BCUT2D eigenvalue weighted by atomic mass is 9.90. The van der Waals surface area contributed by atoms with Gasteiger partial charge in [0.2, 0.25) is 4.80 Å². The molecule has 1 aliphatic carbocycles. The van der Waals surface area contributed by atoms with Gasteiger partial charge in [0.1, 0.15) is 0 Å². The molecule has 1 heterocycles. The summed E-state index contributed by atoms with van der Waals surface area (Å²) >= 11 is 1.67. The van der Waals surface area contributed by atoms with Crippen molar-refractivity contribution in [2.45, 2.75) is 58.9 Å². The van der Waals surface area contributed by atoms with Gasteiger partial charge in [-0.25, -0.2) is 4.68 Å². The summed E-state index contributed by atoms with van der Waals surface area (Å²) in [7, 11) is 0. The van der Waals surface area contributed by atoms with Crippen LogP contribution in [0.4, 0.5) is 0 Å². The van der Waals surface area contributed by atoms with Crippen LogP contribution in [0.1, 0.15) is 51.5 Å². The fourth-order valence-corrected chi connectivity index (χ4v) is 4.06. The van der Waals surface area contributed by atoms with Crippen molar-refractivity contribution < 1.29 is 0 Å². The van der Waals surface area contributed by atoms with Crippen molar-refractivity contribution >= 4 is 17.6 Å². The summed E-state index contributed by atoms with van der Waals surface area (Å²) in [5, 5.41) is 7.02. The van der Waals surface area contributed by atoms with Crippen molar-refractivity contribution in [3.05, 3.63) is 40.0 Å². The summed E-state index contributed by atoms with van der Waals surface area (Å²) in [4.78, 5) is 5.73. The fourth-order valence-electron chi connectivity index (χ4n) is 3.09. The second kappa shape index (κ2) is 7.93. The van der Waals surface area contributed by atoms with Gasteiger partial charge in [-0.05, 0) is 39.5 Å². The lowest BCUT2D eigenvalue weighted by Crippen LogP contribution is -2.16. The molecule has 3 rings (SSSR count). The van der Waals surface area contributed by atoms with E-state index >= 15 is 0 Å². The molecule has 0 atom stereocenters. The Bertz CT molecular complexity index is 744. The Morgan fingerprint density at radius 2 is 1.83 bits per heavy atom. The Hall–Kier alpha value is -1.68. The van der Waals surface area contributed by atoms with Crippen LogP contribution in [0, 0.1) is 12.8 Å². The van der Waals surface area contributed by atoms with E-state index in [1.54, 1.807) is 11.3 Å². The van der Waals surface area contributed by atoms with Gasteiger partial charge in [0.25, 0.3) is 0 Å². The minimum absolute atomic E-state index is 0.269. The number of hydrogen-bond donors (Lipinski definition) is 0. The third kappa shape index (κ3) is 4.23. The molecule has 0 aliphatic heterocycles. The Morgan fingerprint density at radius 1 is 1.12 bits per heavy atom. The molecular weight excluding hydrogens is 314 g/mol. The summed E-state index contributed by atoms with van der Waals surface area (Å²) in [6.45, 7) is 6.34. The highest BCUT2D eigenvalue weighted by Crippen LogP contribution is 2.23. The molecular formula is C20H27N3S. The van der Waals surface area contributed by atoms with Crippen LogP contribution in [0.25, 0.3) is 11.3 Å². The SMILES string of the molecule is Cc1ccc(-c2csc(=NC(C)C)n2N=CC2CCCCC2)cc1. The molecule has 1 aromatic heterocycles. The standard InChI is InChI=1S/C20H27N3S/c1-15(2)22-20-23(21-13-17-7-5-4-6-8-17)19(14-24-20)18-11-9-16(3)10-12-18/h9-15,17H,4-8H2,1-3H3. The number of aryl methyl sites for hydroxylation is 1. The Kier molecular flexibility index (Phi) is 5.67. The van der Waals surface area contributed by atoms with Gasteiger partial charge in [-0.1, -0.05) is 49.1 Å². The Balaban J connectivity index is 1.98. The van der Waals surface area contributed by atoms with E-state index in [4.69, 9.17) is 10.1 Å². The third-order valence-corrected chi connectivity index (χ3v) is 5.27. The first-order chi connectivity index (χ1) is 11.6. The molecule has 0 saturated heterocycles. The zero-order valence-electron chi connectivity index (χ0n) is 14.9. The molecule has 0 radical (unpaired) electrons. The molecule has 0 amide bonds. The maximum absolute atomic E-state index is 4.85. The van der Waals surface area contributed by atoms with Gasteiger partial charge in [0.15, 0.2) is 0 Å². The van der Waals surface area contributed by atoms with Gasteiger partial charge < -0.3 is 0 Å². The summed E-state index contributed by atoms with van der Waals surface area (Å²) in [5.74, 6) is 0.615. The van der Waals surface area contributed by atoms with Crippen LogP contribution in [-0.2, 0) is 0 Å². The quantitative estimate of drug-likeness (QED) is 0.680. The average Bonchev–Trinajstić information content (AvgIpc) is 2.96. The first-order valence-electron chi connectivity index (χ1n) is 8.99. The van der Waals surface area contributed by atoms with Crippen molar-refractivity contribution in [3.63, 3.8) is 0 Å². The summed E-state index contributed by atoms with van der Waals surface area (Å²) in [5.41, 5.74) is 3.60. The smallest absolute Gasteiger partial charge is 0.206 e. The topological polar surface area (TPSA) is 29.6 Å². The molecule has 0 spiro atoms. The van der Waals surface area contributed by atoms with Gasteiger partial charge in [-0.2, -0.15) is 5.10 Å². The number of aromatic nitrogens is 1. The van der Waals surface area contributed by atoms with Gasteiger partial charge in [0.05, 0.1) is 5.69 Å². The van der Waals surface area contributed by atoms with Crippen LogP contribution in [0.5, 0.6) is 0 Å². The minimum Gasteiger partial charge on any atom is -0.255 e. The zero-order valence-corrected chi connectivity index (χ0v) is 15.7. The summed E-state index contributed by atoms with van der Waals surface area (Å²) < 4.78 is 2.03. The van der Waals surface area contributed by atoms with Gasteiger partial charge >= 0.3 is 0 Å². The van der Waals surface area contributed by atoms with E-state index in [1.807, 2.05) is 4.68 Å². The molecule has 4 heteroatoms. The molecule has 128 valence electrons. The van der Waals surface area contributed by atoms with Crippen LogP contribution >= 0.6 is 11.3 Å². The van der Waals surface area contributed by atoms with E-state index in [2.05, 4.69) is 56.6 Å². The highest BCUT2D eigenvalue weighted by molar-refractivity contribution is 7.07. The normalized spacial score (nSPS) is 17.2. The third-order valence-electron chi connectivity index (χ3n) is 4.44. The Labute approximate surface area is 148 Å². The van der Waals surface area contributed by atoms with E-state index in [1.165, 1.54) is 43.2 Å². The fraction of sp³-hybridized carbons (Fsp3) is 0.500. The summed E-state index contributed by atoms with van der Waals surface area (Å²) in [6.07, 6.45) is 8.73. The lowest BCUT2D eigenvalue weighted by Gasteiger charge is -2.17. The van der Waals surface area contributed by atoms with Crippen molar-refractivity contribution in [1.82, 2.24) is 4.68 Å². The monoisotopic (exact) mass is 341 g/mol. The number of rotatable bonds is 4. The van der Waals surface area contributed by atoms with Crippen LogP contribution < -0.4 is 4.80 Å². The molecule has 0 bridgehead atoms. The van der Waals surface area contributed by atoms with Crippen LogP contribution in [-0.4, -0.2) is 16.9 Å². The number of nitrogens with zero attached hydrogens (tertiary/aromatic N) is 3. The van der Waals surface area contributed by atoms with Gasteiger partial charge in [0, 0.05) is 23.2 Å². The van der Waals surface area contributed by atoms with Gasteiger partial charge in [-0.3, -0.25) is 4.99 Å². The van der Waals surface area contributed by atoms with Crippen molar-refractivity contribution in [1.29, 1.82) is 0 Å². The molecule has 24 heavy (non-hydrogen) atoms. The van der Waals surface area contributed by atoms with E-state index < -0.39 is 0 Å². The first kappa shape index (κ1) is 17.2. The molecule has 0 unspecified atom stereocenters. The lowest BCUT2D eigenvalue weighted by molar-refractivity contribution is 0.443. The molecule has 2 aromatic rings. The number of hydrogen-bond acceptors (Lipinski definition) is 3. The number of thiazole rings is 1. The molecule has 1 aliphatic rings. The first-order valence-corrected chi connectivity index (χ1v) is 9.87. The predicted molar refractivity (Wildman–Crippen MR) is 104 cm³/mol. The molecule has 3 nitrogen and oxygen atoms in total. The highest BCUT2D eigenvalue weighted by Gasteiger charge is 2.12. The second-order valence-electron chi connectivity index (χ2n) is 6.97. The average molecular weight is 342 g/mol. The maximum Gasteiger partial charge on any atom is 0.206 e.